The van der Waals surface area contributed by atoms with Crippen LogP contribution in [0.4, 0.5) is 8.78 Å². The minimum Gasteiger partial charge on any atom is -0.396 e. The number of alkyl halides is 2. The lowest BCUT2D eigenvalue weighted by Gasteiger charge is -2.23. The summed E-state index contributed by atoms with van der Waals surface area (Å²) in [4.78, 5) is 0. The van der Waals surface area contributed by atoms with Crippen molar-refractivity contribution < 1.29 is 13.9 Å². The Bertz CT molecular complexity index is 155. The molecular formula is C9H17F2NO. The van der Waals surface area contributed by atoms with Gasteiger partial charge in [0.2, 0.25) is 0 Å². The van der Waals surface area contributed by atoms with Gasteiger partial charge in [-0.15, -0.1) is 0 Å². The summed E-state index contributed by atoms with van der Waals surface area (Å²) in [6.07, 6.45) is 0.561. The van der Waals surface area contributed by atoms with Gasteiger partial charge in [-0.05, 0) is 25.7 Å². The van der Waals surface area contributed by atoms with E-state index in [1.54, 1.807) is 0 Å². The molecule has 4 heteroatoms. The first-order valence-electron chi connectivity index (χ1n) is 4.80. The monoisotopic (exact) mass is 193 g/mol. The Morgan fingerprint density at radius 3 is 2.69 bits per heavy atom. The standard InChI is InChI=1S/C9H17F2NO/c1-6(9(10)11)12-8-4-2-3-7(8)5-13/h6-9,12-13H,2-5H2,1H3. The van der Waals surface area contributed by atoms with E-state index in [0.717, 1.165) is 19.3 Å². The van der Waals surface area contributed by atoms with Crippen LogP contribution in [-0.4, -0.2) is 30.2 Å². The Balaban J connectivity index is 2.34. The highest BCUT2D eigenvalue weighted by Crippen LogP contribution is 2.25. The van der Waals surface area contributed by atoms with E-state index in [2.05, 4.69) is 5.32 Å². The van der Waals surface area contributed by atoms with Crippen LogP contribution in [0.5, 0.6) is 0 Å². The Labute approximate surface area is 77.3 Å². The second kappa shape index (κ2) is 4.86. The third-order valence-electron chi connectivity index (χ3n) is 2.75. The molecule has 3 atom stereocenters. The number of hydrogen-bond donors (Lipinski definition) is 2. The van der Waals surface area contributed by atoms with Gasteiger partial charge in [-0.25, -0.2) is 8.78 Å². The molecule has 0 aromatic carbocycles. The van der Waals surface area contributed by atoms with Crippen LogP contribution in [0.1, 0.15) is 26.2 Å². The number of halogens is 2. The van der Waals surface area contributed by atoms with Gasteiger partial charge in [0.15, 0.2) is 0 Å². The molecule has 0 amide bonds. The van der Waals surface area contributed by atoms with E-state index in [0.29, 0.717) is 0 Å². The lowest BCUT2D eigenvalue weighted by Crippen LogP contribution is -2.43. The van der Waals surface area contributed by atoms with Crippen molar-refractivity contribution in [2.75, 3.05) is 6.61 Å². The Hall–Kier alpha value is -0.220. The number of aliphatic hydroxyl groups excluding tert-OH is 1. The third-order valence-corrected chi connectivity index (χ3v) is 2.75. The van der Waals surface area contributed by atoms with E-state index in [-0.39, 0.29) is 18.6 Å². The van der Waals surface area contributed by atoms with Crippen molar-refractivity contribution in [3.63, 3.8) is 0 Å². The summed E-state index contributed by atoms with van der Waals surface area (Å²) >= 11 is 0. The number of aliphatic hydroxyl groups is 1. The summed E-state index contributed by atoms with van der Waals surface area (Å²) in [7, 11) is 0. The average molecular weight is 193 g/mol. The summed E-state index contributed by atoms with van der Waals surface area (Å²) in [6.45, 7) is 1.59. The Kier molecular flexibility index (Phi) is 4.06. The number of nitrogens with one attached hydrogen (secondary N) is 1. The van der Waals surface area contributed by atoms with Crippen molar-refractivity contribution in [3.05, 3.63) is 0 Å². The SMILES string of the molecule is CC(NC1CCCC1CO)C(F)F. The van der Waals surface area contributed by atoms with Crippen LogP contribution in [0.2, 0.25) is 0 Å². The zero-order valence-electron chi connectivity index (χ0n) is 7.84. The first kappa shape index (κ1) is 10.9. The summed E-state index contributed by atoms with van der Waals surface area (Å²) in [5, 5.41) is 11.8. The molecule has 0 bridgehead atoms. The molecule has 0 spiro atoms. The van der Waals surface area contributed by atoms with Crippen molar-refractivity contribution in [2.24, 2.45) is 5.92 Å². The molecule has 1 aliphatic carbocycles. The lowest BCUT2D eigenvalue weighted by atomic mass is 10.0. The van der Waals surface area contributed by atoms with Gasteiger partial charge in [0.1, 0.15) is 0 Å². The first-order valence-corrected chi connectivity index (χ1v) is 4.80. The molecule has 2 nitrogen and oxygen atoms in total. The maximum absolute atomic E-state index is 12.2. The van der Waals surface area contributed by atoms with Gasteiger partial charge in [-0.2, -0.15) is 0 Å². The summed E-state index contributed by atoms with van der Waals surface area (Å²) in [5.41, 5.74) is 0. The quantitative estimate of drug-likeness (QED) is 0.707. The van der Waals surface area contributed by atoms with Crippen molar-refractivity contribution in [1.29, 1.82) is 0 Å². The van der Waals surface area contributed by atoms with E-state index in [9.17, 15) is 8.78 Å². The van der Waals surface area contributed by atoms with E-state index in [4.69, 9.17) is 5.11 Å². The normalized spacial score (nSPS) is 31.2. The zero-order chi connectivity index (χ0) is 9.84. The fourth-order valence-electron chi connectivity index (χ4n) is 1.89. The van der Waals surface area contributed by atoms with E-state index in [1.165, 1.54) is 6.92 Å². The predicted molar refractivity (Wildman–Crippen MR) is 46.8 cm³/mol. The molecule has 0 heterocycles. The minimum atomic E-state index is -2.32. The average Bonchev–Trinajstić information content (AvgIpc) is 2.51. The van der Waals surface area contributed by atoms with Crippen LogP contribution < -0.4 is 5.32 Å². The van der Waals surface area contributed by atoms with Crippen molar-refractivity contribution >= 4 is 0 Å². The fraction of sp³-hybridized carbons (Fsp3) is 1.00. The molecule has 2 N–H and O–H groups in total. The van der Waals surface area contributed by atoms with E-state index >= 15 is 0 Å². The highest BCUT2D eigenvalue weighted by atomic mass is 19.3. The highest BCUT2D eigenvalue weighted by Gasteiger charge is 2.29. The molecule has 1 aliphatic rings. The van der Waals surface area contributed by atoms with Crippen LogP contribution in [0, 0.1) is 5.92 Å². The van der Waals surface area contributed by atoms with Gasteiger partial charge in [0.25, 0.3) is 6.43 Å². The van der Waals surface area contributed by atoms with Crippen LogP contribution >= 0.6 is 0 Å². The van der Waals surface area contributed by atoms with Crippen LogP contribution in [0.3, 0.4) is 0 Å². The second-order valence-electron chi connectivity index (χ2n) is 3.77. The maximum atomic E-state index is 12.2. The van der Waals surface area contributed by atoms with Gasteiger partial charge in [-0.1, -0.05) is 6.42 Å². The largest absolute Gasteiger partial charge is 0.396 e. The molecule has 13 heavy (non-hydrogen) atoms. The van der Waals surface area contributed by atoms with Crippen molar-refractivity contribution in [3.8, 4) is 0 Å². The lowest BCUT2D eigenvalue weighted by molar-refractivity contribution is 0.0917. The van der Waals surface area contributed by atoms with Crippen molar-refractivity contribution in [2.45, 2.75) is 44.7 Å². The molecule has 1 fully saturated rings. The molecule has 1 saturated carbocycles. The molecule has 0 aromatic rings. The van der Waals surface area contributed by atoms with Gasteiger partial charge >= 0.3 is 0 Å². The highest BCUT2D eigenvalue weighted by molar-refractivity contribution is 4.84. The summed E-state index contributed by atoms with van der Waals surface area (Å²) in [6, 6.07) is -0.689. The minimum absolute atomic E-state index is 0.0778. The predicted octanol–water partition coefficient (Wildman–Crippen LogP) is 1.39. The van der Waals surface area contributed by atoms with Crippen LogP contribution in [-0.2, 0) is 0 Å². The zero-order valence-corrected chi connectivity index (χ0v) is 7.84. The van der Waals surface area contributed by atoms with E-state index in [1.807, 2.05) is 0 Å². The summed E-state index contributed by atoms with van der Waals surface area (Å²) < 4.78 is 24.4. The molecular weight excluding hydrogens is 176 g/mol. The third kappa shape index (κ3) is 2.88. The maximum Gasteiger partial charge on any atom is 0.253 e. The topological polar surface area (TPSA) is 32.3 Å². The molecule has 1 rings (SSSR count). The molecule has 0 aromatic heterocycles. The Morgan fingerprint density at radius 1 is 1.46 bits per heavy atom. The second-order valence-corrected chi connectivity index (χ2v) is 3.77. The van der Waals surface area contributed by atoms with E-state index < -0.39 is 12.5 Å². The van der Waals surface area contributed by atoms with Crippen molar-refractivity contribution in [1.82, 2.24) is 5.32 Å². The van der Waals surface area contributed by atoms with Crippen LogP contribution in [0.25, 0.3) is 0 Å². The van der Waals surface area contributed by atoms with Gasteiger partial charge in [-0.3, -0.25) is 0 Å². The molecule has 0 aliphatic heterocycles. The molecule has 3 unspecified atom stereocenters. The summed E-state index contributed by atoms with van der Waals surface area (Å²) in [5.74, 6) is 0.168. The van der Waals surface area contributed by atoms with Gasteiger partial charge in [0, 0.05) is 12.6 Å². The number of hydrogen-bond acceptors (Lipinski definition) is 2. The van der Waals surface area contributed by atoms with Gasteiger partial charge in [0.05, 0.1) is 6.04 Å². The molecule has 0 radical (unpaired) electrons. The fourth-order valence-corrected chi connectivity index (χ4v) is 1.89. The number of rotatable bonds is 4. The first-order chi connectivity index (χ1) is 6.15. The Morgan fingerprint density at radius 2 is 2.15 bits per heavy atom. The molecule has 0 saturated heterocycles. The van der Waals surface area contributed by atoms with Crippen LogP contribution in [0.15, 0.2) is 0 Å². The smallest absolute Gasteiger partial charge is 0.253 e. The molecule has 78 valence electrons. The van der Waals surface area contributed by atoms with Gasteiger partial charge < -0.3 is 10.4 Å².